The van der Waals surface area contributed by atoms with Gasteiger partial charge in [0.25, 0.3) is 0 Å². The Morgan fingerprint density at radius 2 is 1.89 bits per heavy atom. The van der Waals surface area contributed by atoms with Gasteiger partial charge in [0.05, 0.1) is 0 Å². The molecule has 1 unspecified atom stereocenters. The van der Waals surface area contributed by atoms with Gasteiger partial charge in [0.15, 0.2) is 5.78 Å². The number of carbonyl (C=O) groups is 1. The topological polar surface area (TPSA) is 30.0 Å². The number of carbonyl (C=O) groups excluding carboxylic acids is 1. The fourth-order valence-corrected chi connectivity index (χ4v) is 2.59. The maximum absolute atomic E-state index is 12.5. The van der Waals surface area contributed by atoms with E-state index in [-0.39, 0.29) is 11.7 Å². The molecule has 0 amide bonds. The molecule has 0 N–H and O–H groups in total. The zero-order chi connectivity index (χ0) is 13.2. The van der Waals surface area contributed by atoms with Gasteiger partial charge in [-0.15, -0.1) is 0 Å². The molecule has 2 nitrogen and oxygen atoms in total. The minimum absolute atomic E-state index is 0.158. The van der Waals surface area contributed by atoms with Crippen LogP contribution in [0.1, 0.15) is 28.4 Å². The molecule has 3 rings (SSSR count). The monoisotopic (exact) mass is 249 g/mol. The van der Waals surface area contributed by atoms with Gasteiger partial charge in [0.1, 0.15) is 0 Å². The molecule has 1 heterocycles. The Balaban J connectivity index is 2.05. The van der Waals surface area contributed by atoms with Crippen LogP contribution in [0.25, 0.3) is 6.08 Å². The fourth-order valence-electron chi connectivity index (χ4n) is 2.59. The van der Waals surface area contributed by atoms with Gasteiger partial charge in [-0.2, -0.15) is 0 Å². The zero-order valence-electron chi connectivity index (χ0n) is 10.8. The van der Waals surface area contributed by atoms with Crippen LogP contribution in [0.3, 0.4) is 0 Å². The van der Waals surface area contributed by atoms with Crippen molar-refractivity contribution in [3.8, 4) is 0 Å². The van der Waals surface area contributed by atoms with Crippen LogP contribution in [0.5, 0.6) is 0 Å². The summed E-state index contributed by atoms with van der Waals surface area (Å²) in [5.41, 5.74) is 3.93. The smallest absolute Gasteiger partial charge is 0.189 e. The summed E-state index contributed by atoms with van der Waals surface area (Å²) in [5, 5.41) is 0. The standard InChI is InChI=1S/C17H15NO/c1-12-10-14-4-2-3-5-15(14)17(19)16(12)11-13-6-8-18-9-7-13/h2-9,11-12H,10H2,1H3. The van der Waals surface area contributed by atoms with Crippen LogP contribution in [0.15, 0.2) is 54.4 Å². The van der Waals surface area contributed by atoms with Crippen molar-refractivity contribution in [3.63, 3.8) is 0 Å². The number of nitrogens with zero attached hydrogens (tertiary/aromatic N) is 1. The highest BCUT2D eigenvalue weighted by Gasteiger charge is 2.26. The summed E-state index contributed by atoms with van der Waals surface area (Å²) in [6.07, 6.45) is 6.42. The lowest BCUT2D eigenvalue weighted by Gasteiger charge is -2.23. The van der Waals surface area contributed by atoms with Crippen LogP contribution >= 0.6 is 0 Å². The molecule has 0 saturated heterocycles. The average molecular weight is 249 g/mol. The quantitative estimate of drug-likeness (QED) is 0.723. The third-order valence-corrected chi connectivity index (χ3v) is 3.61. The number of fused-ring (bicyclic) bond motifs is 1. The summed E-state index contributed by atoms with van der Waals surface area (Å²) < 4.78 is 0. The second-order valence-electron chi connectivity index (χ2n) is 4.97. The first-order valence-electron chi connectivity index (χ1n) is 6.50. The zero-order valence-corrected chi connectivity index (χ0v) is 10.8. The maximum atomic E-state index is 12.5. The van der Waals surface area contributed by atoms with Gasteiger partial charge in [0.2, 0.25) is 0 Å². The van der Waals surface area contributed by atoms with E-state index < -0.39 is 0 Å². The molecule has 0 saturated carbocycles. The molecule has 0 spiro atoms. The van der Waals surface area contributed by atoms with Crippen molar-refractivity contribution < 1.29 is 4.79 Å². The van der Waals surface area contributed by atoms with Gasteiger partial charge < -0.3 is 0 Å². The molecule has 1 aromatic carbocycles. The van der Waals surface area contributed by atoms with Gasteiger partial charge >= 0.3 is 0 Å². The van der Waals surface area contributed by atoms with Gasteiger partial charge in [-0.25, -0.2) is 0 Å². The number of Topliss-reactive ketones (excluding diaryl/α,β-unsaturated/α-hetero) is 1. The van der Waals surface area contributed by atoms with E-state index in [0.29, 0.717) is 0 Å². The highest BCUT2D eigenvalue weighted by Crippen LogP contribution is 2.30. The lowest BCUT2D eigenvalue weighted by molar-refractivity contribution is 0.101. The minimum Gasteiger partial charge on any atom is -0.289 e. The summed E-state index contributed by atoms with van der Waals surface area (Å²) in [6, 6.07) is 11.7. The normalized spacial score (nSPS) is 20.4. The summed E-state index contributed by atoms with van der Waals surface area (Å²) in [6.45, 7) is 2.11. The lowest BCUT2D eigenvalue weighted by Crippen LogP contribution is -2.21. The van der Waals surface area contributed by atoms with Gasteiger partial charge in [-0.05, 0) is 41.7 Å². The Bertz CT molecular complexity index is 643. The molecule has 1 aliphatic carbocycles. The van der Waals surface area contributed by atoms with E-state index in [2.05, 4.69) is 11.9 Å². The molecule has 94 valence electrons. The molecule has 19 heavy (non-hydrogen) atoms. The molecule has 1 aliphatic rings. The van der Waals surface area contributed by atoms with Crippen LogP contribution in [-0.2, 0) is 6.42 Å². The van der Waals surface area contributed by atoms with Crippen molar-refractivity contribution in [2.24, 2.45) is 5.92 Å². The molecule has 0 bridgehead atoms. The molecular weight excluding hydrogens is 234 g/mol. The minimum atomic E-state index is 0.158. The van der Waals surface area contributed by atoms with Crippen molar-refractivity contribution in [1.29, 1.82) is 0 Å². The fraction of sp³-hybridized carbons (Fsp3) is 0.176. The molecule has 2 aromatic rings. The van der Waals surface area contributed by atoms with E-state index in [0.717, 1.165) is 28.7 Å². The van der Waals surface area contributed by atoms with E-state index >= 15 is 0 Å². The maximum Gasteiger partial charge on any atom is 0.189 e. The van der Waals surface area contributed by atoms with Gasteiger partial charge in [0, 0.05) is 23.5 Å². The van der Waals surface area contributed by atoms with Crippen molar-refractivity contribution in [1.82, 2.24) is 4.98 Å². The van der Waals surface area contributed by atoms with Crippen molar-refractivity contribution in [2.75, 3.05) is 0 Å². The Morgan fingerprint density at radius 1 is 1.16 bits per heavy atom. The predicted molar refractivity (Wildman–Crippen MR) is 75.9 cm³/mol. The first kappa shape index (κ1) is 11.8. The van der Waals surface area contributed by atoms with Crippen LogP contribution in [0.4, 0.5) is 0 Å². The predicted octanol–water partition coefficient (Wildman–Crippen LogP) is 3.54. The summed E-state index contributed by atoms with van der Waals surface area (Å²) in [4.78, 5) is 16.5. The van der Waals surface area contributed by atoms with E-state index in [1.807, 2.05) is 42.5 Å². The first-order chi connectivity index (χ1) is 9.25. The van der Waals surface area contributed by atoms with E-state index in [1.54, 1.807) is 12.4 Å². The Labute approximate surface area is 112 Å². The van der Waals surface area contributed by atoms with E-state index in [9.17, 15) is 4.79 Å². The second-order valence-corrected chi connectivity index (χ2v) is 4.97. The van der Waals surface area contributed by atoms with Gasteiger partial charge in [-0.1, -0.05) is 31.2 Å². The molecule has 2 heteroatoms. The van der Waals surface area contributed by atoms with Crippen LogP contribution < -0.4 is 0 Å². The van der Waals surface area contributed by atoms with Crippen LogP contribution in [0, 0.1) is 5.92 Å². The largest absolute Gasteiger partial charge is 0.289 e. The number of aromatic nitrogens is 1. The Kier molecular flexibility index (Phi) is 3.00. The van der Waals surface area contributed by atoms with Crippen molar-refractivity contribution in [3.05, 3.63) is 71.1 Å². The third kappa shape index (κ3) is 2.22. The third-order valence-electron chi connectivity index (χ3n) is 3.61. The second kappa shape index (κ2) is 4.81. The Morgan fingerprint density at radius 3 is 2.68 bits per heavy atom. The number of hydrogen-bond donors (Lipinski definition) is 0. The molecule has 1 aromatic heterocycles. The lowest BCUT2D eigenvalue weighted by atomic mass is 9.79. The van der Waals surface area contributed by atoms with Gasteiger partial charge in [-0.3, -0.25) is 9.78 Å². The summed E-state index contributed by atoms with van der Waals surface area (Å²) >= 11 is 0. The SMILES string of the molecule is CC1Cc2ccccc2C(=O)C1=Cc1ccncc1. The van der Waals surface area contributed by atoms with Crippen LogP contribution in [-0.4, -0.2) is 10.8 Å². The summed E-state index contributed by atoms with van der Waals surface area (Å²) in [7, 11) is 0. The molecular formula is C17H15NO. The number of allylic oxidation sites excluding steroid dienone is 1. The van der Waals surface area contributed by atoms with Crippen molar-refractivity contribution in [2.45, 2.75) is 13.3 Å². The van der Waals surface area contributed by atoms with E-state index in [1.165, 1.54) is 0 Å². The number of benzene rings is 1. The molecule has 0 fully saturated rings. The highest BCUT2D eigenvalue weighted by atomic mass is 16.1. The molecule has 1 atom stereocenters. The first-order valence-corrected chi connectivity index (χ1v) is 6.50. The number of pyridine rings is 1. The molecule has 0 radical (unpaired) electrons. The van der Waals surface area contributed by atoms with Crippen molar-refractivity contribution >= 4 is 11.9 Å². The van der Waals surface area contributed by atoms with Crippen LogP contribution in [0.2, 0.25) is 0 Å². The number of ketones is 1. The molecule has 0 aliphatic heterocycles. The average Bonchev–Trinajstić information content (AvgIpc) is 2.45. The number of rotatable bonds is 1. The highest BCUT2D eigenvalue weighted by molar-refractivity contribution is 6.13. The number of hydrogen-bond acceptors (Lipinski definition) is 2. The van der Waals surface area contributed by atoms with E-state index in [4.69, 9.17) is 0 Å². The summed E-state index contributed by atoms with van der Waals surface area (Å²) in [5.74, 6) is 0.418. The Hall–Kier alpha value is -2.22.